The van der Waals surface area contributed by atoms with E-state index in [1.54, 1.807) is 12.1 Å². The number of piperazine rings is 1. The normalized spacial score (nSPS) is 16.7. The standard InChI is InChI=1S/C42H47Cl2N7O4S/c1-24-19-29(20-25(2)39(24)44)55-18-8-9-31-32-11-12-34(43)38(37-27(4)46-48(7)28(37)5)40(32)51-26(3)22-50(42(52)41(31)51)36-23-47(6)35-13-10-30(21-33(35)36)56(53,54)49-16-14-45-15-17-49/h10-13,19-21,23,26,45H,8-9,14-18,22H2,1-7H3/t26-/m1/s1. The largest absolute Gasteiger partial charge is 0.494 e. The number of hydrogen-bond donors (Lipinski definition) is 1. The van der Waals surface area contributed by atoms with E-state index in [0.29, 0.717) is 74.0 Å². The number of anilines is 1. The lowest BCUT2D eigenvalue weighted by Crippen LogP contribution is -2.46. The summed E-state index contributed by atoms with van der Waals surface area (Å²) in [6.07, 6.45) is 3.16. The average molecular weight is 817 g/mol. The second-order valence-electron chi connectivity index (χ2n) is 15.2. The fourth-order valence-corrected chi connectivity index (χ4v) is 10.5. The van der Waals surface area contributed by atoms with Gasteiger partial charge in [-0.2, -0.15) is 9.40 Å². The van der Waals surface area contributed by atoms with Gasteiger partial charge in [0.2, 0.25) is 10.0 Å². The summed E-state index contributed by atoms with van der Waals surface area (Å²) in [5.41, 5.74) is 9.53. The average Bonchev–Trinajstić information content (AvgIpc) is 3.78. The summed E-state index contributed by atoms with van der Waals surface area (Å²) in [5, 5.41) is 11.0. The number of ether oxygens (including phenoxy) is 1. The minimum Gasteiger partial charge on any atom is -0.494 e. The molecule has 1 fully saturated rings. The number of sulfonamides is 1. The Balaban J connectivity index is 1.25. The van der Waals surface area contributed by atoms with Gasteiger partial charge < -0.3 is 24.1 Å². The molecule has 3 aromatic heterocycles. The third-order valence-corrected chi connectivity index (χ3v) is 14.3. The number of amides is 1. The Bertz CT molecular complexity index is 2650. The van der Waals surface area contributed by atoms with Gasteiger partial charge >= 0.3 is 0 Å². The molecule has 294 valence electrons. The zero-order valence-corrected chi connectivity index (χ0v) is 35.2. The first kappa shape index (κ1) is 38.5. The Morgan fingerprint density at radius 2 is 1.66 bits per heavy atom. The molecule has 2 aliphatic rings. The smallest absolute Gasteiger partial charge is 0.275 e. The Labute approximate surface area is 337 Å². The van der Waals surface area contributed by atoms with Crippen LogP contribution >= 0.6 is 23.2 Å². The summed E-state index contributed by atoms with van der Waals surface area (Å²) in [7, 11) is 0.121. The molecule has 2 aliphatic heterocycles. The Kier molecular flexibility index (Phi) is 10.0. The van der Waals surface area contributed by atoms with Gasteiger partial charge in [0.05, 0.1) is 33.4 Å². The van der Waals surface area contributed by atoms with Gasteiger partial charge in [-0.3, -0.25) is 9.48 Å². The monoisotopic (exact) mass is 815 g/mol. The molecule has 0 radical (unpaired) electrons. The highest BCUT2D eigenvalue weighted by atomic mass is 35.5. The minimum absolute atomic E-state index is 0.149. The van der Waals surface area contributed by atoms with Gasteiger partial charge in [-0.1, -0.05) is 29.3 Å². The lowest BCUT2D eigenvalue weighted by atomic mass is 9.98. The zero-order chi connectivity index (χ0) is 39.8. The van der Waals surface area contributed by atoms with Gasteiger partial charge in [0.1, 0.15) is 11.4 Å². The van der Waals surface area contributed by atoms with Crippen molar-refractivity contribution in [3.63, 3.8) is 0 Å². The number of nitrogens with one attached hydrogen (secondary N) is 1. The Hall–Kier alpha value is -4.33. The maximum atomic E-state index is 15.2. The van der Waals surface area contributed by atoms with E-state index in [1.165, 1.54) is 4.31 Å². The molecule has 1 saturated heterocycles. The van der Waals surface area contributed by atoms with Crippen molar-refractivity contribution in [3.05, 3.63) is 92.5 Å². The van der Waals surface area contributed by atoms with E-state index in [0.717, 1.165) is 66.4 Å². The lowest BCUT2D eigenvalue weighted by Gasteiger charge is -2.34. The van der Waals surface area contributed by atoms with Crippen molar-refractivity contribution in [2.75, 3.05) is 44.2 Å². The van der Waals surface area contributed by atoms with Crippen LogP contribution < -0.4 is 15.0 Å². The fraction of sp³-hybridized carbons (Fsp3) is 0.381. The molecule has 0 aliphatic carbocycles. The van der Waals surface area contributed by atoms with E-state index in [4.69, 9.17) is 33.0 Å². The molecule has 0 bridgehead atoms. The molecule has 14 heteroatoms. The summed E-state index contributed by atoms with van der Waals surface area (Å²) < 4.78 is 41.4. The molecule has 5 heterocycles. The van der Waals surface area contributed by atoms with Crippen LogP contribution in [0.2, 0.25) is 10.0 Å². The van der Waals surface area contributed by atoms with Crippen molar-refractivity contribution in [3.8, 4) is 16.9 Å². The van der Waals surface area contributed by atoms with Crippen LogP contribution in [0.4, 0.5) is 5.69 Å². The first-order valence-electron chi connectivity index (χ1n) is 19.1. The predicted molar refractivity (Wildman–Crippen MR) is 224 cm³/mol. The van der Waals surface area contributed by atoms with Crippen LogP contribution in [0.25, 0.3) is 32.9 Å². The first-order valence-corrected chi connectivity index (χ1v) is 21.3. The second-order valence-corrected chi connectivity index (χ2v) is 18.0. The van der Waals surface area contributed by atoms with E-state index < -0.39 is 10.0 Å². The summed E-state index contributed by atoms with van der Waals surface area (Å²) in [5.74, 6) is 0.610. The number of fused-ring (bicyclic) bond motifs is 4. The van der Waals surface area contributed by atoms with E-state index in [9.17, 15) is 8.42 Å². The molecule has 8 rings (SSSR count). The summed E-state index contributed by atoms with van der Waals surface area (Å²) in [4.78, 5) is 17.3. The topological polar surface area (TPSA) is 107 Å². The van der Waals surface area contributed by atoms with Crippen LogP contribution in [0.3, 0.4) is 0 Å². The Morgan fingerprint density at radius 3 is 2.34 bits per heavy atom. The van der Waals surface area contributed by atoms with E-state index in [1.807, 2.05) is 92.5 Å². The number of aryl methyl sites for hydroxylation is 6. The molecule has 6 aromatic rings. The zero-order valence-electron chi connectivity index (χ0n) is 32.8. The van der Waals surface area contributed by atoms with Crippen LogP contribution in [-0.4, -0.2) is 76.9 Å². The number of carbonyl (C=O) groups is 1. The van der Waals surface area contributed by atoms with Gasteiger partial charge in [0, 0.05) is 97.2 Å². The molecule has 0 saturated carbocycles. The molecule has 11 nitrogen and oxygen atoms in total. The van der Waals surface area contributed by atoms with Crippen molar-refractivity contribution in [1.82, 2.24) is 28.5 Å². The lowest BCUT2D eigenvalue weighted by molar-refractivity contribution is 0.0957. The third kappa shape index (κ3) is 6.30. The van der Waals surface area contributed by atoms with Gasteiger partial charge in [-0.25, -0.2) is 8.42 Å². The SMILES string of the molecule is Cc1cc(OCCCc2c3n(c4c(-c5c(C)nn(C)c5C)c(Cl)ccc24)[C@H](C)CN(c2cn(C)c4ccc(S(=O)(=O)N5CCNCC5)cc24)C3=O)cc(C)c1Cl. The van der Waals surface area contributed by atoms with Crippen LogP contribution in [0.1, 0.15) is 58.0 Å². The number of hydrogen-bond acceptors (Lipinski definition) is 6. The maximum Gasteiger partial charge on any atom is 0.275 e. The van der Waals surface area contributed by atoms with Gasteiger partial charge in [-0.15, -0.1) is 0 Å². The van der Waals surface area contributed by atoms with Gasteiger partial charge in [0.15, 0.2) is 0 Å². The van der Waals surface area contributed by atoms with Crippen LogP contribution in [0.5, 0.6) is 5.75 Å². The summed E-state index contributed by atoms with van der Waals surface area (Å²) in [6.45, 7) is 12.9. The predicted octanol–water partition coefficient (Wildman–Crippen LogP) is 7.90. The quantitative estimate of drug-likeness (QED) is 0.149. The fourth-order valence-electron chi connectivity index (χ4n) is 8.70. The Morgan fingerprint density at radius 1 is 0.946 bits per heavy atom. The van der Waals surface area contributed by atoms with Crippen molar-refractivity contribution < 1.29 is 17.9 Å². The maximum absolute atomic E-state index is 15.2. The molecule has 0 unspecified atom stereocenters. The summed E-state index contributed by atoms with van der Waals surface area (Å²) in [6, 6.07) is 12.9. The van der Waals surface area contributed by atoms with Crippen molar-refractivity contribution in [1.29, 1.82) is 0 Å². The molecular formula is C42H47Cl2N7O4S. The third-order valence-electron chi connectivity index (χ3n) is 11.5. The molecule has 1 N–H and O–H groups in total. The number of nitrogens with zero attached hydrogens (tertiary/aromatic N) is 6. The number of carbonyl (C=O) groups excluding carboxylic acids is 1. The van der Waals surface area contributed by atoms with E-state index in [-0.39, 0.29) is 16.8 Å². The van der Waals surface area contributed by atoms with Gasteiger partial charge in [-0.05, 0) is 101 Å². The molecular weight excluding hydrogens is 769 g/mol. The highest BCUT2D eigenvalue weighted by molar-refractivity contribution is 7.89. The van der Waals surface area contributed by atoms with Crippen molar-refractivity contribution >= 4 is 66.6 Å². The van der Waals surface area contributed by atoms with Crippen molar-refractivity contribution in [2.24, 2.45) is 14.1 Å². The van der Waals surface area contributed by atoms with Crippen molar-refractivity contribution in [2.45, 2.75) is 58.4 Å². The van der Waals surface area contributed by atoms with E-state index >= 15 is 4.79 Å². The number of aromatic nitrogens is 4. The van der Waals surface area contributed by atoms with E-state index in [2.05, 4.69) is 16.8 Å². The minimum atomic E-state index is -3.73. The number of halogens is 2. The van der Waals surface area contributed by atoms with Crippen LogP contribution in [-0.2, 0) is 30.5 Å². The molecule has 1 amide bonds. The van der Waals surface area contributed by atoms with Gasteiger partial charge in [0.25, 0.3) is 5.91 Å². The highest BCUT2D eigenvalue weighted by Gasteiger charge is 2.38. The first-order chi connectivity index (χ1) is 26.7. The summed E-state index contributed by atoms with van der Waals surface area (Å²) >= 11 is 13.5. The highest BCUT2D eigenvalue weighted by Crippen LogP contribution is 2.46. The molecule has 1 atom stereocenters. The van der Waals surface area contributed by atoms with Crippen LogP contribution in [0.15, 0.2) is 53.6 Å². The molecule has 56 heavy (non-hydrogen) atoms. The van der Waals surface area contributed by atoms with Crippen LogP contribution in [0, 0.1) is 27.7 Å². The number of benzene rings is 3. The number of rotatable bonds is 9. The molecule has 0 spiro atoms. The second kappa shape index (κ2) is 14.6. The molecule has 3 aromatic carbocycles.